The maximum Gasteiger partial charge on any atom is 0.123 e. The smallest absolute Gasteiger partial charge is 0.123 e. The normalized spacial score (nSPS) is 14.6. The second kappa shape index (κ2) is 15.8. The number of benzene rings is 8. The largest absolute Gasteiger partial charge is 0.375 e. The lowest BCUT2D eigenvalue weighted by molar-refractivity contribution is 0.617. The van der Waals surface area contributed by atoms with Gasteiger partial charge in [0.25, 0.3) is 0 Å². The van der Waals surface area contributed by atoms with Gasteiger partial charge in [-0.2, -0.15) is 0 Å². The van der Waals surface area contributed by atoms with E-state index in [0.29, 0.717) is 39.1 Å². The number of aryl methyl sites for hydroxylation is 3. The minimum Gasteiger partial charge on any atom is -0.375 e. The van der Waals surface area contributed by atoms with Crippen LogP contribution in [0.2, 0.25) is 0 Å². The number of hydrogen-bond acceptors (Lipinski definition) is 2. The molecule has 7 heteroatoms. The van der Waals surface area contributed by atoms with Gasteiger partial charge in [0, 0.05) is 23.2 Å². The highest BCUT2D eigenvalue weighted by Crippen LogP contribution is 2.51. The van der Waals surface area contributed by atoms with Gasteiger partial charge in [-0.05, 0) is 148 Å². The monoisotopic (exact) mass is 800 g/mol. The number of rotatable bonds is 10. The molecule has 1 aliphatic carbocycles. The summed E-state index contributed by atoms with van der Waals surface area (Å²) in [5.74, 6) is -3.71. The molecule has 2 unspecified atom stereocenters. The molecule has 60 heavy (non-hydrogen) atoms. The van der Waals surface area contributed by atoms with E-state index in [1.807, 2.05) is 6.07 Å². The van der Waals surface area contributed by atoms with Crippen molar-refractivity contribution in [1.82, 2.24) is 0 Å². The molecule has 8 aromatic rings. The molecule has 0 fully saturated rings. The van der Waals surface area contributed by atoms with E-state index in [2.05, 4.69) is 73.9 Å². The van der Waals surface area contributed by atoms with Gasteiger partial charge >= 0.3 is 0 Å². The zero-order valence-corrected chi connectivity index (χ0v) is 33.2. The highest BCUT2D eigenvalue weighted by Gasteiger charge is 2.37. The zero-order valence-electron chi connectivity index (χ0n) is 33.2. The Morgan fingerprint density at radius 3 is 1.12 bits per heavy atom. The van der Waals surface area contributed by atoms with E-state index in [0.717, 1.165) is 44.3 Å². The standard InChI is InChI=1S/C53H41F5N2/c1-30-26-31(2)50(32(3)27-30)59-52-43-8-4-6-33-7-5-9-44(49(33)43)53(52)60-51-45(47(34-10-18-38(54)19-11-34)35-12-20-39(55)21-13-35)28-42(58)29-46(51)48(36-14-22-40(56)23-15-36)37-16-24-41(57)25-17-37/h4-29,47-48,52-53,59-60H,1-3H3. The third-order valence-electron chi connectivity index (χ3n) is 11.8. The predicted molar refractivity (Wildman–Crippen MR) is 231 cm³/mol. The molecule has 0 heterocycles. The molecule has 0 aliphatic heterocycles. The van der Waals surface area contributed by atoms with Gasteiger partial charge in [0.05, 0.1) is 12.1 Å². The quantitative estimate of drug-likeness (QED) is 0.106. The number of halogens is 5. The molecule has 0 aromatic heterocycles. The minimum atomic E-state index is -0.710. The lowest BCUT2D eigenvalue weighted by Gasteiger charge is -2.33. The maximum absolute atomic E-state index is 16.8. The molecule has 2 atom stereocenters. The van der Waals surface area contributed by atoms with Gasteiger partial charge in [0.15, 0.2) is 0 Å². The highest BCUT2D eigenvalue weighted by atomic mass is 19.1. The molecule has 9 rings (SSSR count). The first-order valence-corrected chi connectivity index (χ1v) is 20.0. The molecular formula is C53H41F5N2. The molecule has 0 radical (unpaired) electrons. The van der Waals surface area contributed by atoms with E-state index in [9.17, 15) is 17.6 Å². The van der Waals surface area contributed by atoms with Crippen molar-refractivity contribution in [3.8, 4) is 0 Å². The summed E-state index contributed by atoms with van der Waals surface area (Å²) in [4.78, 5) is 0. The van der Waals surface area contributed by atoms with E-state index < -0.39 is 47.0 Å². The lowest BCUT2D eigenvalue weighted by Crippen LogP contribution is -2.25. The number of nitrogens with one attached hydrogen (secondary N) is 2. The molecule has 0 saturated heterocycles. The maximum atomic E-state index is 16.8. The zero-order chi connectivity index (χ0) is 41.7. The molecule has 2 N–H and O–H groups in total. The first kappa shape index (κ1) is 38.8. The van der Waals surface area contributed by atoms with Crippen LogP contribution in [-0.2, 0) is 0 Å². The fraction of sp³-hybridized carbons (Fsp3) is 0.132. The Bertz CT molecular complexity index is 2620. The number of anilines is 2. The SMILES string of the molecule is Cc1cc(C)c(NC2c3cccc4cccc(c34)C2Nc2c(C(c3ccc(F)cc3)c3ccc(F)cc3)cc(F)cc2C(c2ccc(F)cc2)c2ccc(F)cc2)c(C)c1. The fourth-order valence-electron chi connectivity index (χ4n) is 9.31. The van der Waals surface area contributed by atoms with Crippen molar-refractivity contribution >= 4 is 22.1 Å². The van der Waals surface area contributed by atoms with Crippen molar-refractivity contribution in [3.63, 3.8) is 0 Å². The molecule has 0 amide bonds. The van der Waals surface area contributed by atoms with Crippen LogP contribution in [0, 0.1) is 49.9 Å². The van der Waals surface area contributed by atoms with E-state index in [1.165, 1.54) is 60.7 Å². The van der Waals surface area contributed by atoms with Crippen molar-refractivity contribution in [2.24, 2.45) is 0 Å². The van der Waals surface area contributed by atoms with Gasteiger partial charge in [0.1, 0.15) is 29.1 Å². The van der Waals surface area contributed by atoms with E-state index in [4.69, 9.17) is 0 Å². The van der Waals surface area contributed by atoms with Crippen molar-refractivity contribution in [1.29, 1.82) is 0 Å². The Balaban J connectivity index is 1.33. The fourth-order valence-corrected chi connectivity index (χ4v) is 9.31. The summed E-state index contributed by atoms with van der Waals surface area (Å²) in [7, 11) is 0. The van der Waals surface area contributed by atoms with Gasteiger partial charge in [0.2, 0.25) is 0 Å². The van der Waals surface area contributed by atoms with Crippen LogP contribution in [0.25, 0.3) is 10.8 Å². The lowest BCUT2D eigenvalue weighted by atomic mass is 9.78. The van der Waals surface area contributed by atoms with Gasteiger partial charge in [-0.1, -0.05) is 103 Å². The van der Waals surface area contributed by atoms with Crippen LogP contribution in [0.4, 0.5) is 33.3 Å². The van der Waals surface area contributed by atoms with E-state index >= 15 is 4.39 Å². The van der Waals surface area contributed by atoms with Crippen LogP contribution in [-0.4, -0.2) is 0 Å². The van der Waals surface area contributed by atoms with E-state index in [1.54, 1.807) is 48.5 Å². The summed E-state index contributed by atoms with van der Waals surface area (Å²) in [6.07, 6.45) is 0. The Kier molecular flexibility index (Phi) is 10.2. The molecule has 0 bridgehead atoms. The first-order valence-electron chi connectivity index (χ1n) is 20.0. The summed E-state index contributed by atoms with van der Waals surface area (Å²) in [5, 5.41) is 10.1. The summed E-state index contributed by atoms with van der Waals surface area (Å²) in [5.41, 5.74) is 10.7. The van der Waals surface area contributed by atoms with Crippen LogP contribution in [0.1, 0.15) is 85.1 Å². The summed E-state index contributed by atoms with van der Waals surface area (Å²) >= 11 is 0. The summed E-state index contributed by atoms with van der Waals surface area (Å²) in [6.45, 7) is 6.26. The second-order valence-electron chi connectivity index (χ2n) is 15.8. The van der Waals surface area contributed by atoms with Gasteiger partial charge in [-0.15, -0.1) is 0 Å². The van der Waals surface area contributed by atoms with Crippen LogP contribution >= 0.6 is 0 Å². The first-order chi connectivity index (χ1) is 29.0. The van der Waals surface area contributed by atoms with Crippen molar-refractivity contribution in [2.45, 2.75) is 44.7 Å². The number of hydrogen-bond donors (Lipinski definition) is 2. The van der Waals surface area contributed by atoms with Gasteiger partial charge in [-0.3, -0.25) is 0 Å². The van der Waals surface area contributed by atoms with Crippen LogP contribution in [0.15, 0.2) is 158 Å². The Morgan fingerprint density at radius 2 is 0.750 bits per heavy atom. The van der Waals surface area contributed by atoms with E-state index in [-0.39, 0.29) is 6.04 Å². The third-order valence-corrected chi connectivity index (χ3v) is 11.8. The predicted octanol–water partition coefficient (Wildman–Crippen LogP) is 14.1. The van der Waals surface area contributed by atoms with Crippen LogP contribution in [0.5, 0.6) is 0 Å². The Labute approximate surface area is 346 Å². The molecule has 0 saturated carbocycles. The minimum absolute atomic E-state index is 0.317. The summed E-state index contributed by atoms with van der Waals surface area (Å²) < 4.78 is 75.1. The average molecular weight is 801 g/mol. The average Bonchev–Trinajstić information content (AvgIpc) is 3.53. The van der Waals surface area contributed by atoms with Crippen LogP contribution in [0.3, 0.4) is 0 Å². The highest BCUT2D eigenvalue weighted by molar-refractivity contribution is 5.93. The van der Waals surface area contributed by atoms with Crippen molar-refractivity contribution < 1.29 is 22.0 Å². The third kappa shape index (κ3) is 7.29. The Morgan fingerprint density at radius 1 is 0.400 bits per heavy atom. The molecule has 2 nitrogen and oxygen atoms in total. The van der Waals surface area contributed by atoms with Crippen molar-refractivity contribution in [3.05, 3.63) is 248 Å². The second-order valence-corrected chi connectivity index (χ2v) is 15.8. The molecule has 1 aliphatic rings. The van der Waals surface area contributed by atoms with Crippen molar-refractivity contribution in [2.75, 3.05) is 10.6 Å². The molecule has 8 aromatic carbocycles. The van der Waals surface area contributed by atoms with Gasteiger partial charge in [-0.25, -0.2) is 22.0 Å². The Hall–Kier alpha value is -6.73. The van der Waals surface area contributed by atoms with Gasteiger partial charge < -0.3 is 10.6 Å². The molecular weight excluding hydrogens is 760 g/mol. The summed E-state index contributed by atoms with van der Waals surface area (Å²) in [6, 6.07) is 43.2. The molecule has 298 valence electrons. The topological polar surface area (TPSA) is 24.1 Å². The molecule has 0 spiro atoms. The van der Waals surface area contributed by atoms with Crippen LogP contribution < -0.4 is 10.6 Å².